The molecular formula is C27H25IN2O5S. The zero-order valence-corrected chi connectivity index (χ0v) is 23.0. The largest absolute Gasteiger partial charge is 0.490 e. The van der Waals surface area contributed by atoms with Gasteiger partial charge in [0.1, 0.15) is 17.3 Å². The minimum absolute atomic E-state index is 0.0712. The predicted octanol–water partition coefficient (Wildman–Crippen LogP) is 6.09. The number of aromatic nitrogens is 2. The van der Waals surface area contributed by atoms with Crippen LogP contribution in [0.2, 0.25) is 0 Å². The van der Waals surface area contributed by atoms with Crippen LogP contribution in [0.5, 0.6) is 23.0 Å². The number of H-pyrrole nitrogens is 1. The Morgan fingerprint density at radius 2 is 2.06 bits per heavy atom. The van der Waals surface area contributed by atoms with Crippen molar-refractivity contribution in [2.24, 2.45) is 5.92 Å². The first kappa shape index (κ1) is 23.6. The van der Waals surface area contributed by atoms with Gasteiger partial charge in [0.15, 0.2) is 23.0 Å². The Morgan fingerprint density at radius 1 is 1.19 bits per heavy atom. The fourth-order valence-corrected chi connectivity index (χ4v) is 6.92. The van der Waals surface area contributed by atoms with Gasteiger partial charge in [-0.3, -0.25) is 4.79 Å². The third-order valence-corrected chi connectivity index (χ3v) is 8.52. The third kappa shape index (κ3) is 4.32. The molecule has 0 fully saturated rings. The van der Waals surface area contributed by atoms with Gasteiger partial charge < -0.3 is 23.9 Å². The highest BCUT2D eigenvalue weighted by Crippen LogP contribution is 2.40. The number of hydrogen-bond donors (Lipinski definition) is 1. The summed E-state index contributed by atoms with van der Waals surface area (Å²) in [5, 5.41) is 0.758. The van der Waals surface area contributed by atoms with Gasteiger partial charge in [0.25, 0.3) is 5.56 Å². The van der Waals surface area contributed by atoms with Crippen LogP contribution in [-0.4, -0.2) is 23.4 Å². The number of halogens is 1. The van der Waals surface area contributed by atoms with Crippen LogP contribution >= 0.6 is 33.9 Å². The van der Waals surface area contributed by atoms with Gasteiger partial charge in [-0.2, -0.15) is 0 Å². The predicted molar refractivity (Wildman–Crippen MR) is 148 cm³/mol. The van der Waals surface area contributed by atoms with Crippen LogP contribution in [-0.2, 0) is 19.4 Å². The molecule has 0 saturated carbocycles. The summed E-state index contributed by atoms with van der Waals surface area (Å²) in [4.78, 5) is 23.1. The first-order valence-electron chi connectivity index (χ1n) is 12.0. The van der Waals surface area contributed by atoms with Gasteiger partial charge in [0, 0.05) is 10.4 Å². The van der Waals surface area contributed by atoms with Gasteiger partial charge in [0.2, 0.25) is 6.79 Å². The van der Waals surface area contributed by atoms with Crippen LogP contribution in [0.3, 0.4) is 0 Å². The van der Waals surface area contributed by atoms with E-state index < -0.39 is 0 Å². The third-order valence-electron chi connectivity index (χ3n) is 6.57. The molecule has 186 valence electrons. The Morgan fingerprint density at radius 3 is 2.92 bits per heavy atom. The number of aromatic amines is 1. The van der Waals surface area contributed by atoms with Crippen molar-refractivity contribution in [1.29, 1.82) is 0 Å². The summed E-state index contributed by atoms with van der Waals surface area (Å²) in [6, 6.07) is 9.63. The molecule has 0 amide bonds. The van der Waals surface area contributed by atoms with Gasteiger partial charge in [0.05, 0.1) is 15.6 Å². The van der Waals surface area contributed by atoms with E-state index >= 15 is 0 Å². The van der Waals surface area contributed by atoms with E-state index in [1.54, 1.807) is 11.3 Å². The van der Waals surface area contributed by atoms with Crippen LogP contribution in [0.4, 0.5) is 0 Å². The molecule has 2 aromatic heterocycles. The minimum atomic E-state index is -0.0712. The van der Waals surface area contributed by atoms with Gasteiger partial charge in [-0.1, -0.05) is 13.0 Å². The van der Waals surface area contributed by atoms with Crippen molar-refractivity contribution in [2.75, 3.05) is 13.4 Å². The second kappa shape index (κ2) is 9.59. The minimum Gasteiger partial charge on any atom is -0.490 e. The number of nitrogens with zero attached hydrogens (tertiary/aromatic N) is 1. The molecule has 1 unspecified atom stereocenters. The molecule has 7 nitrogen and oxygen atoms in total. The molecule has 1 atom stereocenters. The van der Waals surface area contributed by atoms with Crippen molar-refractivity contribution in [1.82, 2.24) is 9.97 Å². The Kier molecular flexibility index (Phi) is 6.28. The Balaban J connectivity index is 1.33. The molecule has 1 aliphatic heterocycles. The highest BCUT2D eigenvalue weighted by Gasteiger charge is 2.24. The number of nitrogens with one attached hydrogen (secondary N) is 1. The SMILES string of the molecule is CCOc1cc(-c2nc3sc4c(c3c(=O)[nH]2)CCC(C)C4)cc(I)c1OCc1ccc2c(c1)OCO2. The standard InChI is InChI=1S/C27H25IN2O5S/c1-3-32-21-11-16(10-18(28)24(21)33-12-15-5-7-19-20(9-15)35-13-34-19)25-29-26(31)23-17-6-4-14(2)8-22(17)36-27(23)30-25/h5,7,9-11,14H,3-4,6,8,12-13H2,1-2H3,(H,29,30,31). The lowest BCUT2D eigenvalue weighted by atomic mass is 9.89. The maximum absolute atomic E-state index is 13.1. The van der Waals surface area contributed by atoms with E-state index in [2.05, 4.69) is 34.5 Å². The smallest absolute Gasteiger partial charge is 0.260 e. The van der Waals surface area contributed by atoms with Crippen molar-refractivity contribution >= 4 is 44.1 Å². The summed E-state index contributed by atoms with van der Waals surface area (Å²) in [5.41, 5.74) is 2.87. The molecule has 0 bridgehead atoms. The summed E-state index contributed by atoms with van der Waals surface area (Å²) in [5.74, 6) is 3.92. The van der Waals surface area contributed by atoms with E-state index in [1.165, 1.54) is 10.4 Å². The Bertz CT molecular complexity index is 1530. The van der Waals surface area contributed by atoms with Crippen LogP contribution in [0.15, 0.2) is 35.1 Å². The van der Waals surface area contributed by atoms with E-state index in [9.17, 15) is 4.79 Å². The molecule has 2 aromatic carbocycles. The van der Waals surface area contributed by atoms with E-state index in [0.29, 0.717) is 36.5 Å². The van der Waals surface area contributed by atoms with Crippen LogP contribution in [0.1, 0.15) is 36.3 Å². The second-order valence-corrected chi connectivity index (χ2v) is 11.4. The fourth-order valence-electron chi connectivity index (χ4n) is 4.78. The first-order chi connectivity index (χ1) is 17.5. The number of aryl methyl sites for hydroxylation is 1. The molecule has 1 aliphatic carbocycles. The van der Waals surface area contributed by atoms with E-state index in [1.807, 2.05) is 37.3 Å². The van der Waals surface area contributed by atoms with Gasteiger partial charge in [-0.25, -0.2) is 4.98 Å². The second-order valence-electron chi connectivity index (χ2n) is 9.14. The number of fused-ring (bicyclic) bond motifs is 4. The normalized spacial score (nSPS) is 16.2. The molecular weight excluding hydrogens is 591 g/mol. The molecule has 3 heterocycles. The zero-order chi connectivity index (χ0) is 24.8. The van der Waals surface area contributed by atoms with Crippen molar-refractivity contribution in [3.05, 3.63) is 60.3 Å². The van der Waals surface area contributed by atoms with Gasteiger partial charge >= 0.3 is 0 Å². The van der Waals surface area contributed by atoms with Gasteiger partial charge in [-0.05, 0) is 90.1 Å². The summed E-state index contributed by atoms with van der Waals surface area (Å²) in [6.45, 7) is 5.28. The highest BCUT2D eigenvalue weighted by molar-refractivity contribution is 14.1. The summed E-state index contributed by atoms with van der Waals surface area (Å²) < 4.78 is 23.9. The first-order valence-corrected chi connectivity index (χ1v) is 13.9. The monoisotopic (exact) mass is 616 g/mol. The molecule has 6 rings (SSSR count). The van der Waals surface area contributed by atoms with E-state index in [-0.39, 0.29) is 12.4 Å². The average Bonchev–Trinajstić information content (AvgIpc) is 3.47. The number of hydrogen-bond acceptors (Lipinski definition) is 7. The van der Waals surface area contributed by atoms with Crippen molar-refractivity contribution in [2.45, 2.75) is 39.7 Å². The molecule has 0 saturated heterocycles. The lowest BCUT2D eigenvalue weighted by molar-refractivity contribution is 0.174. The molecule has 36 heavy (non-hydrogen) atoms. The lowest BCUT2D eigenvalue weighted by Gasteiger charge is -2.17. The Hall–Kier alpha value is -2.79. The number of thiophene rings is 1. The Labute approximate surface area is 225 Å². The fraction of sp³-hybridized carbons (Fsp3) is 0.333. The zero-order valence-electron chi connectivity index (χ0n) is 20.0. The maximum atomic E-state index is 13.1. The van der Waals surface area contributed by atoms with Crippen LogP contribution < -0.4 is 24.5 Å². The number of rotatable bonds is 6. The lowest BCUT2D eigenvalue weighted by Crippen LogP contribution is -2.13. The molecule has 0 spiro atoms. The average molecular weight is 616 g/mol. The molecule has 1 N–H and O–H groups in total. The maximum Gasteiger partial charge on any atom is 0.260 e. The number of ether oxygens (including phenoxy) is 4. The summed E-state index contributed by atoms with van der Waals surface area (Å²) >= 11 is 3.90. The van der Waals surface area contributed by atoms with Crippen LogP contribution in [0.25, 0.3) is 21.6 Å². The number of benzene rings is 2. The van der Waals surface area contributed by atoms with Crippen LogP contribution in [0, 0.1) is 9.49 Å². The summed E-state index contributed by atoms with van der Waals surface area (Å²) in [6.07, 6.45) is 3.08. The summed E-state index contributed by atoms with van der Waals surface area (Å²) in [7, 11) is 0. The quantitative estimate of drug-likeness (QED) is 0.264. The van der Waals surface area contributed by atoms with Gasteiger partial charge in [-0.15, -0.1) is 11.3 Å². The van der Waals surface area contributed by atoms with Crippen molar-refractivity contribution in [3.63, 3.8) is 0 Å². The van der Waals surface area contributed by atoms with E-state index in [0.717, 1.165) is 55.7 Å². The molecule has 2 aliphatic rings. The molecule has 9 heteroatoms. The molecule has 4 aromatic rings. The highest BCUT2D eigenvalue weighted by atomic mass is 127. The molecule has 0 radical (unpaired) electrons. The van der Waals surface area contributed by atoms with Crippen molar-refractivity contribution < 1.29 is 18.9 Å². The van der Waals surface area contributed by atoms with Crippen molar-refractivity contribution in [3.8, 4) is 34.4 Å². The van der Waals surface area contributed by atoms with E-state index in [4.69, 9.17) is 23.9 Å². The topological polar surface area (TPSA) is 82.7 Å².